The van der Waals surface area contributed by atoms with E-state index in [0.717, 1.165) is 38.5 Å². The van der Waals surface area contributed by atoms with E-state index in [2.05, 4.69) is 166 Å². The Labute approximate surface area is 433 Å². The quantitative estimate of drug-likeness (QED) is 0.169. The van der Waals surface area contributed by atoms with Gasteiger partial charge in [0.15, 0.2) is 12.6 Å². The molecule has 9 heteroatoms. The van der Waals surface area contributed by atoms with Crippen molar-refractivity contribution in [3.63, 3.8) is 0 Å². The Kier molecular flexibility index (Phi) is 24.5. The average Bonchev–Trinajstić information content (AvgIpc) is 3.57. The van der Waals surface area contributed by atoms with Crippen molar-refractivity contribution < 1.29 is 42.6 Å². The van der Waals surface area contributed by atoms with Crippen molar-refractivity contribution >= 4 is 0 Å². The second-order valence-corrected chi connectivity index (χ2v) is 24.9. The van der Waals surface area contributed by atoms with Crippen LogP contribution < -0.4 is 0 Å². The molecule has 70 heavy (non-hydrogen) atoms. The fourth-order valence-corrected chi connectivity index (χ4v) is 13.5. The van der Waals surface area contributed by atoms with Crippen LogP contribution in [0.4, 0.5) is 0 Å². The van der Waals surface area contributed by atoms with Gasteiger partial charge in [0, 0.05) is 11.8 Å². The van der Waals surface area contributed by atoms with Crippen LogP contribution in [0.25, 0.3) is 0 Å². The summed E-state index contributed by atoms with van der Waals surface area (Å²) in [4.78, 5) is 0. The maximum atomic E-state index is 6.58. The highest BCUT2D eigenvalue weighted by Gasteiger charge is 2.50. The van der Waals surface area contributed by atoms with Crippen molar-refractivity contribution in [2.45, 2.75) is 290 Å². The highest BCUT2D eigenvalue weighted by molar-refractivity contribution is 4.97. The van der Waals surface area contributed by atoms with E-state index in [-0.39, 0.29) is 48.7 Å². The van der Waals surface area contributed by atoms with Crippen LogP contribution in [0.3, 0.4) is 0 Å². The highest BCUT2D eigenvalue weighted by atomic mass is 16.7. The summed E-state index contributed by atoms with van der Waals surface area (Å²) in [5, 5.41) is 0. The third kappa shape index (κ3) is 14.0. The molecule has 0 aliphatic carbocycles. The lowest BCUT2D eigenvalue weighted by atomic mass is 9.76. The van der Waals surface area contributed by atoms with E-state index in [0.29, 0.717) is 139 Å². The summed E-state index contributed by atoms with van der Waals surface area (Å²) in [6, 6.07) is 0. The molecule has 0 aromatic rings. The molecule has 0 spiro atoms. The zero-order valence-electron chi connectivity index (χ0n) is 50.0. The van der Waals surface area contributed by atoms with Gasteiger partial charge in [-0.1, -0.05) is 145 Å². The number of hydrogen-bond donors (Lipinski definition) is 0. The highest BCUT2D eigenvalue weighted by Crippen LogP contribution is 2.45. The Morgan fingerprint density at radius 1 is 0.329 bits per heavy atom. The van der Waals surface area contributed by atoms with Crippen molar-refractivity contribution in [1.29, 1.82) is 0 Å². The molecule has 0 radical (unpaired) electrons. The van der Waals surface area contributed by atoms with Crippen molar-refractivity contribution in [2.75, 3.05) is 13.2 Å². The van der Waals surface area contributed by atoms with Gasteiger partial charge in [-0.3, -0.25) is 0 Å². The Morgan fingerprint density at radius 3 is 1.03 bits per heavy atom. The van der Waals surface area contributed by atoms with Gasteiger partial charge >= 0.3 is 0 Å². The Balaban J connectivity index is 0.000000228. The fourth-order valence-electron chi connectivity index (χ4n) is 13.5. The molecule has 6 aliphatic heterocycles. The molecule has 0 saturated carbocycles. The van der Waals surface area contributed by atoms with E-state index in [9.17, 15) is 0 Å². The second kappa shape index (κ2) is 27.6. The molecule has 0 aromatic heterocycles. The molecule has 6 rings (SSSR count). The maximum Gasteiger partial charge on any atom is 0.161 e. The summed E-state index contributed by atoms with van der Waals surface area (Å²) in [5.41, 5.74) is -0.125. The van der Waals surface area contributed by atoms with Gasteiger partial charge in [-0.25, -0.2) is 0 Å². The van der Waals surface area contributed by atoms with E-state index >= 15 is 0 Å². The molecule has 9 nitrogen and oxygen atoms in total. The maximum absolute atomic E-state index is 6.58. The topological polar surface area (TPSA) is 83.1 Å². The molecule has 6 fully saturated rings. The molecule has 17 unspecified atom stereocenters. The Hall–Kier alpha value is -0.360. The predicted molar refractivity (Wildman–Crippen MR) is 288 cm³/mol. The Morgan fingerprint density at radius 2 is 0.686 bits per heavy atom. The van der Waals surface area contributed by atoms with Gasteiger partial charge in [-0.2, -0.15) is 0 Å². The minimum absolute atomic E-state index is 0.100. The van der Waals surface area contributed by atoms with Gasteiger partial charge in [-0.05, 0) is 136 Å². The number of hydrogen-bond acceptors (Lipinski definition) is 9. The van der Waals surface area contributed by atoms with Crippen molar-refractivity contribution in [1.82, 2.24) is 0 Å². The van der Waals surface area contributed by atoms with E-state index in [4.69, 9.17) is 42.6 Å². The largest absolute Gasteiger partial charge is 0.376 e. The summed E-state index contributed by atoms with van der Waals surface area (Å²) in [5.74, 6) is 8.26. The predicted octanol–water partition coefficient (Wildman–Crippen LogP) is 14.7. The van der Waals surface area contributed by atoms with Crippen LogP contribution in [-0.2, 0) is 42.6 Å². The molecule has 6 saturated heterocycles. The van der Waals surface area contributed by atoms with Crippen molar-refractivity contribution in [2.24, 2.45) is 88.8 Å². The molecular formula is C61H116O9. The van der Waals surface area contributed by atoms with E-state index in [1.807, 2.05) is 0 Å². The van der Waals surface area contributed by atoms with Gasteiger partial charge in [0.25, 0.3) is 0 Å². The lowest BCUT2D eigenvalue weighted by Crippen LogP contribution is -2.54. The first-order valence-electron chi connectivity index (χ1n) is 29.7. The van der Waals surface area contributed by atoms with Crippen LogP contribution in [-0.4, -0.2) is 98.5 Å². The normalized spacial score (nSPS) is 50.9. The summed E-state index contributed by atoms with van der Waals surface area (Å²) < 4.78 is 57.3. The minimum atomic E-state index is -0.125. The van der Waals surface area contributed by atoms with E-state index < -0.39 is 0 Å². The molecule has 414 valence electrons. The summed E-state index contributed by atoms with van der Waals surface area (Å²) in [6.45, 7) is 55.9. The molecule has 6 heterocycles. The SMILES string of the molecule is CCC1O[C@@H](O[C@@H]2C(CC)O[C@@H](C)C(C)C2C)C(C)C(C)[C@@H]1C.CCC1O[C@@H](O[C@@H]2C(CC)O[C@@H](C)C(C)C2C)C(C)C(C)[C@H]1C.CCC1O[C@H](COC[C@]2(CC)O[C@H](C)C(C)C2C)C(C)C(C)[C@@H]1C. The number of ether oxygens (including phenoxy) is 9. The van der Waals surface area contributed by atoms with Crippen LogP contribution in [0, 0.1) is 88.8 Å². The van der Waals surface area contributed by atoms with Crippen LogP contribution in [0.15, 0.2) is 0 Å². The van der Waals surface area contributed by atoms with Gasteiger partial charge in [0.2, 0.25) is 0 Å². The second-order valence-electron chi connectivity index (χ2n) is 24.9. The first-order chi connectivity index (χ1) is 32.9. The molecule has 0 bridgehead atoms. The van der Waals surface area contributed by atoms with Gasteiger partial charge < -0.3 is 42.6 Å². The van der Waals surface area contributed by atoms with Crippen LogP contribution in [0.5, 0.6) is 0 Å². The molecular weight excluding hydrogens is 877 g/mol. The first kappa shape index (κ1) is 62.2. The van der Waals surface area contributed by atoms with Crippen molar-refractivity contribution in [3.8, 4) is 0 Å². The van der Waals surface area contributed by atoms with Gasteiger partial charge in [-0.15, -0.1) is 0 Å². The van der Waals surface area contributed by atoms with Crippen LogP contribution in [0.1, 0.15) is 205 Å². The smallest absolute Gasteiger partial charge is 0.161 e. The zero-order valence-corrected chi connectivity index (χ0v) is 50.0. The van der Waals surface area contributed by atoms with Crippen LogP contribution >= 0.6 is 0 Å². The Bertz CT molecular complexity index is 1400. The fraction of sp³-hybridized carbons (Fsp3) is 1.00. The molecule has 0 aromatic carbocycles. The molecule has 0 amide bonds. The summed E-state index contributed by atoms with van der Waals surface area (Å²) in [6.07, 6.45) is 8.76. The van der Waals surface area contributed by atoms with E-state index in [1.165, 1.54) is 0 Å². The number of rotatable bonds is 14. The third-order valence-corrected chi connectivity index (χ3v) is 21.4. The zero-order chi connectivity index (χ0) is 52.7. The van der Waals surface area contributed by atoms with Gasteiger partial charge in [0.1, 0.15) is 0 Å². The van der Waals surface area contributed by atoms with Crippen LogP contribution in [0.2, 0.25) is 0 Å². The molecule has 0 N–H and O–H groups in total. The minimum Gasteiger partial charge on any atom is -0.376 e. The lowest BCUT2D eigenvalue weighted by molar-refractivity contribution is -0.299. The van der Waals surface area contributed by atoms with E-state index in [1.54, 1.807) is 0 Å². The standard InChI is InChI=1S/C21H40O3.2C20H38O3/c1-9-19-14(4)13(3)15(5)20(23-19)11-22-12-21(10-2)17(7)16(6)18(8)24-21;2*1-9-17-13(5)11(3)15(7)20(22-17)23-19-14(6)12(4)16(8)21-18(19)10-2/h13-20H,9-12H2,1-8H3;2*11-20H,9-10H2,1-8H3/t13?,14-,15?,16?,17?,18+,19?,20+,21-;11?,12?,13-,14?,15?,16+,17?,18?,19+,20+;11?,12?,13-,14?,15?,16-,17?,18?,19-,20-/m010/s1. The lowest BCUT2D eigenvalue weighted by Gasteiger charge is -2.48. The monoisotopic (exact) mass is 993 g/mol. The first-order valence-corrected chi connectivity index (χ1v) is 29.7. The molecule has 6 aliphatic rings. The average molecular weight is 994 g/mol. The van der Waals surface area contributed by atoms with Gasteiger partial charge in [0.05, 0.1) is 86.0 Å². The third-order valence-electron chi connectivity index (χ3n) is 21.4. The summed E-state index contributed by atoms with van der Waals surface area (Å²) in [7, 11) is 0. The van der Waals surface area contributed by atoms with Crippen molar-refractivity contribution in [3.05, 3.63) is 0 Å². The summed E-state index contributed by atoms with van der Waals surface area (Å²) >= 11 is 0. The molecule has 29 atom stereocenters.